The number of amides is 1. The minimum atomic E-state index is -0.658. The van der Waals surface area contributed by atoms with Crippen LogP contribution >= 0.6 is 0 Å². The summed E-state index contributed by atoms with van der Waals surface area (Å²) in [4.78, 5) is 9.99. The molecule has 0 spiro atoms. The van der Waals surface area contributed by atoms with Gasteiger partial charge in [-0.1, -0.05) is 12.0 Å². The molecule has 2 heteroatoms. The molecule has 2 N–H and O–H groups in total. The fraction of sp³-hybridized carbons (Fsp3) is 0.125. The Morgan fingerprint density at radius 3 is 2.70 bits per heavy atom. The molecule has 0 aromatic rings. The van der Waals surface area contributed by atoms with Crippen molar-refractivity contribution < 1.29 is 4.79 Å². The maximum Gasteiger partial charge on any atom is 0.294 e. The van der Waals surface area contributed by atoms with Crippen molar-refractivity contribution in [2.45, 2.75) is 6.92 Å². The van der Waals surface area contributed by atoms with Gasteiger partial charge < -0.3 is 5.73 Å². The molecule has 0 aromatic heterocycles. The lowest BCUT2D eigenvalue weighted by Crippen LogP contribution is -2.05. The van der Waals surface area contributed by atoms with Gasteiger partial charge >= 0.3 is 0 Å². The highest BCUT2D eigenvalue weighted by molar-refractivity contribution is 5.92. The van der Waals surface area contributed by atoms with Crippen molar-refractivity contribution in [3.8, 4) is 23.7 Å². The molecule has 0 aliphatic rings. The molecular formula is C8H7NO. The maximum atomic E-state index is 9.99. The number of carbonyl (C=O) groups is 1. The minimum Gasteiger partial charge on any atom is -0.359 e. The van der Waals surface area contributed by atoms with Gasteiger partial charge in [-0.05, 0) is 24.8 Å². The molecule has 0 aliphatic carbocycles. The standard InChI is InChI=1S/C8H7NO/c1-2-3-4-5-6-7-8(9)10/h2-3H,1H3,(H2,9,10). The summed E-state index contributed by atoms with van der Waals surface area (Å²) in [5, 5.41) is 0. The van der Waals surface area contributed by atoms with E-state index in [1.165, 1.54) is 0 Å². The van der Waals surface area contributed by atoms with Crippen molar-refractivity contribution in [2.24, 2.45) is 5.73 Å². The second kappa shape index (κ2) is 5.47. The monoisotopic (exact) mass is 133 g/mol. The van der Waals surface area contributed by atoms with Crippen molar-refractivity contribution in [3.63, 3.8) is 0 Å². The van der Waals surface area contributed by atoms with Gasteiger partial charge in [-0.15, -0.1) is 0 Å². The Bertz CT molecular complexity index is 254. The van der Waals surface area contributed by atoms with Crippen LogP contribution in [0.3, 0.4) is 0 Å². The van der Waals surface area contributed by atoms with Gasteiger partial charge in [0.2, 0.25) is 0 Å². The van der Waals surface area contributed by atoms with Crippen LogP contribution in [0.1, 0.15) is 6.92 Å². The smallest absolute Gasteiger partial charge is 0.294 e. The average Bonchev–Trinajstić information content (AvgIpc) is 1.87. The molecule has 0 heterocycles. The third kappa shape index (κ3) is 6.33. The van der Waals surface area contributed by atoms with Crippen LogP contribution in [0.25, 0.3) is 0 Å². The van der Waals surface area contributed by atoms with Crippen LogP contribution in [0.5, 0.6) is 0 Å². The number of hydrogen-bond donors (Lipinski definition) is 1. The number of nitrogens with two attached hydrogens (primary N) is 1. The molecule has 0 saturated carbocycles. The van der Waals surface area contributed by atoms with Crippen LogP contribution in [0.15, 0.2) is 12.2 Å². The van der Waals surface area contributed by atoms with Crippen LogP contribution in [-0.2, 0) is 4.79 Å². The van der Waals surface area contributed by atoms with E-state index in [9.17, 15) is 4.79 Å². The van der Waals surface area contributed by atoms with Gasteiger partial charge in [0.25, 0.3) is 5.91 Å². The molecule has 0 aromatic carbocycles. The number of primary amides is 1. The molecule has 0 fully saturated rings. The van der Waals surface area contributed by atoms with Crippen LogP contribution < -0.4 is 5.73 Å². The van der Waals surface area contributed by atoms with E-state index in [1.54, 1.807) is 12.2 Å². The van der Waals surface area contributed by atoms with E-state index in [-0.39, 0.29) is 0 Å². The highest BCUT2D eigenvalue weighted by Crippen LogP contribution is 1.63. The molecule has 2 nitrogen and oxygen atoms in total. The van der Waals surface area contributed by atoms with Crippen molar-refractivity contribution in [1.29, 1.82) is 0 Å². The first-order valence-electron chi connectivity index (χ1n) is 2.69. The van der Waals surface area contributed by atoms with Crippen molar-refractivity contribution >= 4 is 5.91 Å². The summed E-state index contributed by atoms with van der Waals surface area (Å²) in [6, 6.07) is 0. The van der Waals surface area contributed by atoms with E-state index in [0.29, 0.717) is 0 Å². The lowest BCUT2D eigenvalue weighted by atomic mass is 10.5. The summed E-state index contributed by atoms with van der Waals surface area (Å²) < 4.78 is 0. The third-order valence-corrected chi connectivity index (χ3v) is 0.570. The summed E-state index contributed by atoms with van der Waals surface area (Å²) in [5.74, 6) is 8.71. The fourth-order valence-corrected chi connectivity index (χ4v) is 0.254. The first kappa shape index (κ1) is 8.33. The highest BCUT2D eigenvalue weighted by Gasteiger charge is 1.74. The van der Waals surface area contributed by atoms with Gasteiger partial charge in [0.05, 0.1) is 0 Å². The van der Waals surface area contributed by atoms with Crippen molar-refractivity contribution in [1.82, 2.24) is 0 Å². The average molecular weight is 133 g/mol. The molecule has 10 heavy (non-hydrogen) atoms. The second-order valence-corrected chi connectivity index (χ2v) is 1.38. The molecule has 0 aliphatic heterocycles. The first-order valence-corrected chi connectivity index (χ1v) is 2.69. The quantitative estimate of drug-likeness (QED) is 0.466. The minimum absolute atomic E-state index is 0.658. The van der Waals surface area contributed by atoms with Gasteiger partial charge in [0, 0.05) is 5.92 Å². The van der Waals surface area contributed by atoms with E-state index < -0.39 is 5.91 Å². The highest BCUT2D eigenvalue weighted by atomic mass is 16.1. The van der Waals surface area contributed by atoms with Crippen LogP contribution in [0, 0.1) is 23.7 Å². The van der Waals surface area contributed by atoms with E-state index in [0.717, 1.165) is 0 Å². The molecule has 0 bridgehead atoms. The summed E-state index contributed by atoms with van der Waals surface area (Å²) in [5.41, 5.74) is 4.71. The van der Waals surface area contributed by atoms with Crippen LogP contribution in [0.2, 0.25) is 0 Å². The SMILES string of the molecule is CC=CC#CC#CC(N)=O. The van der Waals surface area contributed by atoms with Crippen molar-refractivity contribution in [3.05, 3.63) is 12.2 Å². The molecule has 50 valence electrons. The summed E-state index contributed by atoms with van der Waals surface area (Å²) >= 11 is 0. The second-order valence-electron chi connectivity index (χ2n) is 1.38. The van der Waals surface area contributed by atoms with E-state index >= 15 is 0 Å². The van der Waals surface area contributed by atoms with E-state index in [2.05, 4.69) is 23.7 Å². The predicted molar refractivity (Wildman–Crippen MR) is 39.6 cm³/mol. The molecule has 0 radical (unpaired) electrons. The normalized spacial score (nSPS) is 7.30. The molecule has 0 atom stereocenters. The Morgan fingerprint density at radius 2 is 2.20 bits per heavy atom. The summed E-state index contributed by atoms with van der Waals surface area (Å²) in [6.07, 6.45) is 3.41. The Balaban J connectivity index is 3.90. The first-order chi connectivity index (χ1) is 4.77. The Hall–Kier alpha value is -1.67. The van der Waals surface area contributed by atoms with E-state index in [4.69, 9.17) is 5.73 Å². The van der Waals surface area contributed by atoms with Crippen LogP contribution in [-0.4, -0.2) is 5.91 Å². The van der Waals surface area contributed by atoms with Gasteiger partial charge in [0.15, 0.2) is 0 Å². The maximum absolute atomic E-state index is 9.99. The lowest BCUT2D eigenvalue weighted by Gasteiger charge is -1.65. The lowest BCUT2D eigenvalue weighted by molar-refractivity contribution is -0.112. The fourth-order valence-electron chi connectivity index (χ4n) is 0.254. The largest absolute Gasteiger partial charge is 0.359 e. The molecule has 0 saturated heterocycles. The predicted octanol–water partition coefficient (Wildman–Crippen LogP) is 0.0546. The number of hydrogen-bond acceptors (Lipinski definition) is 1. The zero-order chi connectivity index (χ0) is 7.82. The summed E-state index contributed by atoms with van der Waals surface area (Å²) in [6.45, 7) is 1.84. The number of rotatable bonds is 0. The van der Waals surface area contributed by atoms with Gasteiger partial charge in [0.1, 0.15) is 0 Å². The summed E-state index contributed by atoms with van der Waals surface area (Å²) in [7, 11) is 0. The number of carbonyl (C=O) groups excluding carboxylic acids is 1. The Labute approximate surface area is 60.1 Å². The molecule has 0 rings (SSSR count). The Morgan fingerprint density at radius 1 is 1.50 bits per heavy atom. The number of allylic oxidation sites excluding steroid dienone is 2. The van der Waals surface area contributed by atoms with Gasteiger partial charge in [-0.2, -0.15) is 0 Å². The van der Waals surface area contributed by atoms with E-state index in [1.807, 2.05) is 6.92 Å². The molecule has 1 amide bonds. The zero-order valence-electron chi connectivity index (χ0n) is 5.64. The Kier molecular flexibility index (Phi) is 4.55. The van der Waals surface area contributed by atoms with Gasteiger partial charge in [-0.25, -0.2) is 0 Å². The molecule has 0 unspecified atom stereocenters. The van der Waals surface area contributed by atoms with Gasteiger partial charge in [-0.3, -0.25) is 4.79 Å². The zero-order valence-corrected chi connectivity index (χ0v) is 5.64. The van der Waals surface area contributed by atoms with Crippen molar-refractivity contribution in [2.75, 3.05) is 0 Å². The molecular weight excluding hydrogens is 126 g/mol. The topological polar surface area (TPSA) is 43.1 Å². The third-order valence-electron chi connectivity index (χ3n) is 0.570. The van der Waals surface area contributed by atoms with Crippen LogP contribution in [0.4, 0.5) is 0 Å².